The molecule has 1 fully saturated rings. The van der Waals surface area contributed by atoms with Crippen LogP contribution in [0.1, 0.15) is 31.7 Å². The molecule has 1 aliphatic heterocycles. The fraction of sp³-hybridized carbons (Fsp3) is 0.500. The van der Waals surface area contributed by atoms with Crippen molar-refractivity contribution < 1.29 is 17.9 Å². The molecule has 0 saturated carbocycles. The average Bonchev–Trinajstić information content (AvgIpc) is 3.07. The van der Waals surface area contributed by atoms with Crippen LogP contribution in [0.15, 0.2) is 42.7 Å². The number of anilines is 1. The Morgan fingerprint density at radius 1 is 1.24 bits per heavy atom. The minimum absolute atomic E-state index is 0.0500. The lowest BCUT2D eigenvalue weighted by atomic mass is 9.77. The van der Waals surface area contributed by atoms with Crippen LogP contribution in [0.2, 0.25) is 0 Å². The zero-order valence-electron chi connectivity index (χ0n) is 14.3. The van der Waals surface area contributed by atoms with Gasteiger partial charge in [0.1, 0.15) is 6.23 Å². The van der Waals surface area contributed by atoms with Gasteiger partial charge < -0.3 is 9.64 Å². The van der Waals surface area contributed by atoms with Gasteiger partial charge in [-0.3, -0.25) is 5.10 Å². The van der Waals surface area contributed by atoms with Crippen molar-refractivity contribution in [2.24, 2.45) is 5.92 Å². The van der Waals surface area contributed by atoms with E-state index in [1.807, 2.05) is 30.3 Å². The molecule has 25 heavy (non-hydrogen) atoms. The summed E-state index contributed by atoms with van der Waals surface area (Å²) in [5.74, 6) is -1.53. The van der Waals surface area contributed by atoms with Crippen LogP contribution in [0.4, 0.5) is 18.9 Å². The van der Waals surface area contributed by atoms with Crippen molar-refractivity contribution in [3.05, 3.63) is 48.3 Å². The van der Waals surface area contributed by atoms with E-state index < -0.39 is 23.9 Å². The van der Waals surface area contributed by atoms with Gasteiger partial charge in [-0.1, -0.05) is 18.2 Å². The molecule has 2 aromatic rings. The number of halogens is 3. The van der Waals surface area contributed by atoms with E-state index in [0.717, 1.165) is 0 Å². The highest BCUT2D eigenvalue weighted by atomic mass is 19.4. The molecule has 2 heterocycles. The van der Waals surface area contributed by atoms with Gasteiger partial charge in [0.15, 0.2) is 0 Å². The Hall–Kier alpha value is -2.02. The van der Waals surface area contributed by atoms with Gasteiger partial charge in [0.2, 0.25) is 0 Å². The zero-order valence-corrected chi connectivity index (χ0v) is 14.3. The fourth-order valence-corrected chi connectivity index (χ4v) is 3.97. The number of alkyl halides is 3. The maximum atomic E-state index is 14.0. The maximum Gasteiger partial charge on any atom is 0.394 e. The van der Waals surface area contributed by atoms with Crippen LogP contribution in [0, 0.1) is 5.92 Å². The Morgan fingerprint density at radius 2 is 1.96 bits per heavy atom. The van der Waals surface area contributed by atoms with Crippen molar-refractivity contribution >= 4 is 5.69 Å². The van der Waals surface area contributed by atoms with Gasteiger partial charge in [0, 0.05) is 24.6 Å². The second-order valence-electron chi connectivity index (χ2n) is 6.56. The number of ether oxygens (including phenoxy) is 1. The third-order valence-electron chi connectivity index (χ3n) is 5.20. The molecule has 3 unspecified atom stereocenters. The first-order valence-corrected chi connectivity index (χ1v) is 8.32. The molecular weight excluding hydrogens is 331 g/mol. The van der Waals surface area contributed by atoms with E-state index >= 15 is 0 Å². The first kappa shape index (κ1) is 17.8. The van der Waals surface area contributed by atoms with Crippen LogP contribution < -0.4 is 4.90 Å². The van der Waals surface area contributed by atoms with Crippen LogP contribution in [-0.4, -0.2) is 29.7 Å². The number of hydrogen-bond acceptors (Lipinski definition) is 3. The number of para-hydroxylation sites is 1. The van der Waals surface area contributed by atoms with Gasteiger partial charge >= 0.3 is 6.18 Å². The van der Waals surface area contributed by atoms with E-state index in [1.54, 1.807) is 25.1 Å². The molecule has 4 nitrogen and oxygen atoms in total. The number of nitrogens with zero attached hydrogens (tertiary/aromatic N) is 2. The molecule has 0 amide bonds. The molecule has 0 aliphatic carbocycles. The average molecular weight is 353 g/mol. The number of hydrogen-bond donors (Lipinski definition) is 1. The molecule has 7 heteroatoms. The molecule has 0 radical (unpaired) electrons. The van der Waals surface area contributed by atoms with E-state index in [-0.39, 0.29) is 6.42 Å². The predicted octanol–water partition coefficient (Wildman–Crippen LogP) is 4.47. The highest BCUT2D eigenvalue weighted by Gasteiger charge is 2.57. The molecule has 1 aromatic carbocycles. The summed E-state index contributed by atoms with van der Waals surface area (Å²) in [6, 6.07) is 9.14. The lowest BCUT2D eigenvalue weighted by Gasteiger charge is -2.49. The van der Waals surface area contributed by atoms with E-state index in [2.05, 4.69) is 10.2 Å². The Labute approximate surface area is 145 Å². The minimum Gasteiger partial charge on any atom is -0.362 e. The summed E-state index contributed by atoms with van der Waals surface area (Å²) in [5.41, 5.74) is -0.124. The maximum absolute atomic E-state index is 14.0. The minimum atomic E-state index is -4.33. The van der Waals surface area contributed by atoms with E-state index in [1.165, 1.54) is 6.20 Å². The summed E-state index contributed by atoms with van der Waals surface area (Å²) in [5, 5.41) is 6.57. The number of aromatic nitrogens is 2. The number of methoxy groups -OCH3 is 1. The number of aromatic amines is 1. The zero-order chi connectivity index (χ0) is 18.1. The lowest BCUT2D eigenvalue weighted by Crippen LogP contribution is -2.56. The van der Waals surface area contributed by atoms with Gasteiger partial charge in [-0.05, 0) is 38.3 Å². The molecule has 0 bridgehead atoms. The highest BCUT2D eigenvalue weighted by molar-refractivity contribution is 5.52. The molecule has 136 valence electrons. The first-order valence-electron chi connectivity index (χ1n) is 8.32. The van der Waals surface area contributed by atoms with E-state index in [0.29, 0.717) is 24.1 Å². The smallest absolute Gasteiger partial charge is 0.362 e. The molecule has 3 rings (SSSR count). The summed E-state index contributed by atoms with van der Waals surface area (Å²) in [7, 11) is 1.55. The quantitative estimate of drug-likeness (QED) is 0.885. The third-order valence-corrected chi connectivity index (χ3v) is 5.20. The summed E-state index contributed by atoms with van der Waals surface area (Å²) in [6.45, 7) is 1.64. The second kappa shape index (κ2) is 6.71. The van der Waals surface area contributed by atoms with Crippen molar-refractivity contribution in [3.8, 4) is 0 Å². The molecule has 1 aromatic heterocycles. The van der Waals surface area contributed by atoms with E-state index in [4.69, 9.17) is 4.74 Å². The summed E-state index contributed by atoms with van der Waals surface area (Å²) in [4.78, 5) is 1.77. The number of H-pyrrole nitrogens is 1. The van der Waals surface area contributed by atoms with Crippen molar-refractivity contribution in [1.29, 1.82) is 0 Å². The Balaban J connectivity index is 2.23. The first-order chi connectivity index (χ1) is 11.9. The van der Waals surface area contributed by atoms with Crippen molar-refractivity contribution in [3.63, 3.8) is 0 Å². The predicted molar refractivity (Wildman–Crippen MR) is 89.1 cm³/mol. The lowest BCUT2D eigenvalue weighted by molar-refractivity contribution is -0.195. The van der Waals surface area contributed by atoms with Crippen molar-refractivity contribution in [2.75, 3.05) is 12.0 Å². The standard InChI is InChI=1S/C18H22F3N3O/c1-17(13-11-22-23-12-13)15(18(19,20)21)9-6-10-16(25-2)24(17)14-7-4-3-5-8-14/h3-5,7-8,11-12,15-16H,6,9-10H2,1-2H3,(H,22,23). The van der Waals surface area contributed by atoms with Crippen LogP contribution in [0.5, 0.6) is 0 Å². The molecule has 1 N–H and O–H groups in total. The number of rotatable bonds is 3. The largest absolute Gasteiger partial charge is 0.394 e. The number of nitrogens with one attached hydrogen (secondary N) is 1. The monoisotopic (exact) mass is 353 g/mol. The second-order valence-corrected chi connectivity index (χ2v) is 6.56. The summed E-state index contributed by atoms with van der Waals surface area (Å²) >= 11 is 0. The SMILES string of the molecule is COC1CCCC(C(F)(F)F)C(C)(c2cn[nH]c2)N1c1ccccc1. The van der Waals surface area contributed by atoms with Crippen LogP contribution in [0.25, 0.3) is 0 Å². The normalized spacial score (nSPS) is 28.0. The fourth-order valence-electron chi connectivity index (χ4n) is 3.97. The molecule has 1 saturated heterocycles. The van der Waals surface area contributed by atoms with Crippen molar-refractivity contribution in [1.82, 2.24) is 10.2 Å². The van der Waals surface area contributed by atoms with Crippen LogP contribution >= 0.6 is 0 Å². The van der Waals surface area contributed by atoms with E-state index in [9.17, 15) is 13.2 Å². The summed E-state index contributed by atoms with van der Waals surface area (Å²) in [6.07, 6.45) is -0.727. The van der Waals surface area contributed by atoms with Crippen LogP contribution in [-0.2, 0) is 10.3 Å². The summed E-state index contributed by atoms with van der Waals surface area (Å²) < 4.78 is 47.7. The molecule has 3 atom stereocenters. The topological polar surface area (TPSA) is 41.1 Å². The van der Waals surface area contributed by atoms with Gasteiger partial charge in [0.05, 0.1) is 17.7 Å². The Kier molecular flexibility index (Phi) is 4.77. The molecular formula is C18H22F3N3O. The third kappa shape index (κ3) is 3.13. The van der Waals surface area contributed by atoms with Crippen LogP contribution in [0.3, 0.4) is 0 Å². The van der Waals surface area contributed by atoms with Crippen molar-refractivity contribution in [2.45, 2.75) is 44.1 Å². The molecule has 1 aliphatic rings. The highest BCUT2D eigenvalue weighted by Crippen LogP contribution is 2.51. The van der Waals surface area contributed by atoms with Gasteiger partial charge in [0.25, 0.3) is 0 Å². The molecule has 0 spiro atoms. The number of benzene rings is 1. The Bertz CT molecular complexity index is 675. The van der Waals surface area contributed by atoms with Gasteiger partial charge in [-0.15, -0.1) is 0 Å². The van der Waals surface area contributed by atoms with Gasteiger partial charge in [-0.2, -0.15) is 18.3 Å². The van der Waals surface area contributed by atoms with Gasteiger partial charge in [-0.25, -0.2) is 0 Å². The Morgan fingerprint density at radius 3 is 2.52 bits per heavy atom.